The van der Waals surface area contributed by atoms with Gasteiger partial charge in [0.25, 0.3) is 0 Å². The van der Waals surface area contributed by atoms with E-state index < -0.39 is 0 Å². The van der Waals surface area contributed by atoms with E-state index in [-0.39, 0.29) is 0 Å². The monoisotopic (exact) mass is 256 g/mol. The van der Waals surface area contributed by atoms with Crippen molar-refractivity contribution >= 4 is 0 Å². The lowest BCUT2D eigenvalue weighted by molar-refractivity contribution is -0.0279. The minimum Gasteiger partial charge on any atom is -0.242 e. The van der Waals surface area contributed by atoms with Gasteiger partial charge in [0.2, 0.25) is 0 Å². The number of hydrogen-bond donors (Lipinski definition) is 0. The Hall–Kier alpha value is -0.0800. The van der Waals surface area contributed by atoms with E-state index in [1.165, 1.54) is 77.5 Å². The van der Waals surface area contributed by atoms with Crippen LogP contribution < -0.4 is 0 Å². The molecule has 0 saturated carbocycles. The van der Waals surface area contributed by atoms with Crippen LogP contribution in [0.15, 0.2) is 0 Å². The van der Waals surface area contributed by atoms with Crippen LogP contribution in [0.1, 0.15) is 79.1 Å². The molecule has 0 fully saturated rings. The summed E-state index contributed by atoms with van der Waals surface area (Å²) in [5.74, 6) is 0. The molecule has 0 aliphatic carbocycles. The summed E-state index contributed by atoms with van der Waals surface area (Å²) in [6.07, 6.45) is 10.6. The predicted molar refractivity (Wildman–Crippen MR) is 82.8 cm³/mol. The van der Waals surface area contributed by atoms with Gasteiger partial charge in [0.1, 0.15) is 0 Å². The van der Waals surface area contributed by atoms with Gasteiger partial charge in [-0.2, -0.15) is 0 Å². The van der Waals surface area contributed by atoms with Gasteiger partial charge in [0.15, 0.2) is 0 Å². The van der Waals surface area contributed by atoms with Gasteiger partial charge < -0.3 is 0 Å². The summed E-state index contributed by atoms with van der Waals surface area (Å²) >= 11 is 0. The second-order valence-electron chi connectivity index (χ2n) is 5.32. The van der Waals surface area contributed by atoms with E-state index in [0.29, 0.717) is 0 Å². The molecule has 0 spiro atoms. The first kappa shape index (κ1) is 17.9. The highest BCUT2D eigenvalue weighted by Crippen LogP contribution is 2.08. The lowest BCUT2D eigenvalue weighted by Gasteiger charge is -2.35. The molecular formula is C16H36N2. The van der Waals surface area contributed by atoms with Crippen LogP contribution >= 0.6 is 0 Å². The third-order valence-corrected chi connectivity index (χ3v) is 3.40. The summed E-state index contributed by atoms with van der Waals surface area (Å²) in [7, 11) is 0. The molecule has 0 rings (SSSR count). The van der Waals surface area contributed by atoms with Crippen molar-refractivity contribution in [2.24, 2.45) is 0 Å². The quantitative estimate of drug-likeness (QED) is 0.348. The van der Waals surface area contributed by atoms with Crippen LogP contribution in [0.4, 0.5) is 0 Å². The number of nitrogens with zero attached hydrogens (tertiary/aromatic N) is 2. The van der Waals surface area contributed by atoms with Crippen LogP contribution in [0.5, 0.6) is 0 Å². The smallest absolute Gasteiger partial charge is 0.0133 e. The molecule has 0 aromatic carbocycles. The Bertz CT molecular complexity index is 143. The maximum atomic E-state index is 2.64. The van der Waals surface area contributed by atoms with Gasteiger partial charge in [0, 0.05) is 26.2 Å². The first-order valence-electron chi connectivity index (χ1n) is 8.29. The zero-order valence-electron chi connectivity index (χ0n) is 13.4. The molecule has 110 valence electrons. The van der Waals surface area contributed by atoms with Crippen LogP contribution in [-0.2, 0) is 0 Å². The lowest BCUT2D eigenvalue weighted by Crippen LogP contribution is -2.44. The van der Waals surface area contributed by atoms with Gasteiger partial charge >= 0.3 is 0 Å². The van der Waals surface area contributed by atoms with E-state index >= 15 is 0 Å². The molecule has 0 aliphatic rings. The highest BCUT2D eigenvalue weighted by Gasteiger charge is 2.12. The Balaban J connectivity index is 4.18. The normalized spacial score (nSPS) is 11.7. The first-order valence-corrected chi connectivity index (χ1v) is 8.29. The van der Waals surface area contributed by atoms with E-state index in [2.05, 4.69) is 37.7 Å². The molecule has 0 aromatic heterocycles. The second kappa shape index (κ2) is 13.4. The van der Waals surface area contributed by atoms with Crippen molar-refractivity contribution in [2.45, 2.75) is 79.1 Å². The lowest BCUT2D eigenvalue weighted by atomic mass is 10.2. The van der Waals surface area contributed by atoms with Gasteiger partial charge in [-0.15, -0.1) is 0 Å². The van der Waals surface area contributed by atoms with Crippen LogP contribution in [0.2, 0.25) is 0 Å². The SMILES string of the molecule is CCCCCN(CCCCC)N(CCC)CCC. The van der Waals surface area contributed by atoms with Gasteiger partial charge in [-0.25, -0.2) is 10.0 Å². The van der Waals surface area contributed by atoms with E-state index in [1.54, 1.807) is 0 Å². The van der Waals surface area contributed by atoms with Crippen LogP contribution in [0, 0.1) is 0 Å². The molecule has 0 atom stereocenters. The van der Waals surface area contributed by atoms with Crippen LogP contribution in [0.25, 0.3) is 0 Å². The van der Waals surface area contributed by atoms with E-state index in [4.69, 9.17) is 0 Å². The fourth-order valence-electron chi connectivity index (χ4n) is 2.39. The highest BCUT2D eigenvalue weighted by atomic mass is 15.6. The number of hydrazine groups is 1. The van der Waals surface area contributed by atoms with Crippen LogP contribution in [0.3, 0.4) is 0 Å². The number of rotatable bonds is 13. The van der Waals surface area contributed by atoms with Crippen molar-refractivity contribution in [1.29, 1.82) is 0 Å². The third-order valence-electron chi connectivity index (χ3n) is 3.40. The molecular weight excluding hydrogens is 220 g/mol. The summed E-state index contributed by atoms with van der Waals surface area (Å²) in [5.41, 5.74) is 0. The van der Waals surface area contributed by atoms with Crippen molar-refractivity contribution < 1.29 is 0 Å². The zero-order chi connectivity index (χ0) is 13.6. The molecule has 0 N–H and O–H groups in total. The molecule has 0 unspecified atom stereocenters. The molecule has 18 heavy (non-hydrogen) atoms. The molecule has 0 radical (unpaired) electrons. The van der Waals surface area contributed by atoms with Crippen molar-refractivity contribution in [2.75, 3.05) is 26.2 Å². The Morgan fingerprint density at radius 2 is 0.833 bits per heavy atom. The van der Waals surface area contributed by atoms with Gasteiger partial charge in [-0.1, -0.05) is 53.4 Å². The molecule has 0 aromatic rings. The summed E-state index contributed by atoms with van der Waals surface area (Å²) < 4.78 is 0. The summed E-state index contributed by atoms with van der Waals surface area (Å²) in [4.78, 5) is 0. The fourth-order valence-corrected chi connectivity index (χ4v) is 2.39. The van der Waals surface area contributed by atoms with E-state index in [9.17, 15) is 0 Å². The molecule has 0 amide bonds. The molecule has 0 saturated heterocycles. The Morgan fingerprint density at radius 3 is 1.17 bits per heavy atom. The molecule has 0 heterocycles. The van der Waals surface area contributed by atoms with Gasteiger partial charge in [-0.3, -0.25) is 0 Å². The highest BCUT2D eigenvalue weighted by molar-refractivity contribution is 4.59. The average molecular weight is 256 g/mol. The molecule has 0 bridgehead atoms. The number of unbranched alkanes of at least 4 members (excludes halogenated alkanes) is 4. The van der Waals surface area contributed by atoms with E-state index in [0.717, 1.165) is 0 Å². The van der Waals surface area contributed by atoms with Crippen molar-refractivity contribution in [1.82, 2.24) is 10.0 Å². The Kier molecular flexibility index (Phi) is 13.3. The molecule has 0 aliphatic heterocycles. The summed E-state index contributed by atoms with van der Waals surface area (Å²) in [6.45, 7) is 14.1. The summed E-state index contributed by atoms with van der Waals surface area (Å²) in [6, 6.07) is 0. The second-order valence-corrected chi connectivity index (χ2v) is 5.32. The van der Waals surface area contributed by atoms with Crippen LogP contribution in [-0.4, -0.2) is 36.2 Å². The van der Waals surface area contributed by atoms with Crippen molar-refractivity contribution in [3.05, 3.63) is 0 Å². The third kappa shape index (κ3) is 8.93. The topological polar surface area (TPSA) is 6.48 Å². The van der Waals surface area contributed by atoms with Crippen molar-refractivity contribution in [3.63, 3.8) is 0 Å². The predicted octanol–water partition coefficient (Wildman–Crippen LogP) is 4.71. The first-order chi connectivity index (χ1) is 8.79. The Labute approximate surface area is 116 Å². The largest absolute Gasteiger partial charge is 0.242 e. The van der Waals surface area contributed by atoms with E-state index in [1.807, 2.05) is 0 Å². The summed E-state index contributed by atoms with van der Waals surface area (Å²) in [5, 5.41) is 5.24. The fraction of sp³-hybridized carbons (Fsp3) is 1.00. The minimum absolute atomic E-state index is 1.23. The molecule has 2 nitrogen and oxygen atoms in total. The Morgan fingerprint density at radius 1 is 0.444 bits per heavy atom. The minimum atomic E-state index is 1.23. The molecule has 2 heteroatoms. The standard InChI is InChI=1S/C16H36N2/c1-5-9-11-15-18(16-12-10-6-2)17(13-7-3)14-8-4/h5-16H2,1-4H3. The maximum Gasteiger partial charge on any atom is 0.0133 e. The number of hydrogen-bond acceptors (Lipinski definition) is 2. The maximum absolute atomic E-state index is 2.64. The van der Waals surface area contributed by atoms with Gasteiger partial charge in [-0.05, 0) is 25.7 Å². The zero-order valence-corrected chi connectivity index (χ0v) is 13.4. The average Bonchev–Trinajstić information content (AvgIpc) is 2.37. The van der Waals surface area contributed by atoms with Crippen molar-refractivity contribution in [3.8, 4) is 0 Å². The van der Waals surface area contributed by atoms with Gasteiger partial charge in [0.05, 0.1) is 0 Å².